The predicted octanol–water partition coefficient (Wildman–Crippen LogP) is 2.69. The van der Waals surface area contributed by atoms with E-state index in [2.05, 4.69) is 20.6 Å². The van der Waals surface area contributed by atoms with Gasteiger partial charge in [0.15, 0.2) is 0 Å². The van der Waals surface area contributed by atoms with Crippen LogP contribution < -0.4 is 15.4 Å². The third-order valence-electron chi connectivity index (χ3n) is 3.83. The lowest BCUT2D eigenvalue weighted by atomic mass is 10.2. The molecular formula is C21H30N4O3. The number of hydrogen-bond donors (Lipinski definition) is 3. The van der Waals surface area contributed by atoms with Crippen molar-refractivity contribution in [3.8, 4) is 5.88 Å². The fourth-order valence-electron chi connectivity index (χ4n) is 2.68. The van der Waals surface area contributed by atoms with Crippen molar-refractivity contribution in [2.45, 2.75) is 58.8 Å². The van der Waals surface area contributed by atoms with Gasteiger partial charge in [0.05, 0.1) is 17.8 Å². The Kier molecular flexibility index (Phi) is 7.90. The van der Waals surface area contributed by atoms with Crippen LogP contribution in [0.2, 0.25) is 0 Å². The highest BCUT2D eigenvalue weighted by atomic mass is 16.5. The molecule has 2 rings (SSSR count). The molecule has 7 heteroatoms. The molecule has 152 valence electrons. The summed E-state index contributed by atoms with van der Waals surface area (Å²) in [4.78, 5) is 20.1. The molecule has 1 atom stereocenters. The van der Waals surface area contributed by atoms with Gasteiger partial charge in [-0.3, -0.25) is 9.78 Å². The lowest BCUT2D eigenvalue weighted by Gasteiger charge is -2.21. The number of aryl methyl sites for hydroxylation is 1. The first kappa shape index (κ1) is 21.8. The maximum absolute atomic E-state index is 11.2. The topological polar surface area (TPSA) is 96.4 Å². The average Bonchev–Trinajstić information content (AvgIpc) is 2.58. The van der Waals surface area contributed by atoms with E-state index < -0.39 is 5.97 Å². The number of pyridine rings is 2. The molecule has 0 saturated carbocycles. The fourth-order valence-corrected chi connectivity index (χ4v) is 2.68. The molecule has 7 nitrogen and oxygen atoms in total. The summed E-state index contributed by atoms with van der Waals surface area (Å²) in [6.45, 7) is 9.42. The van der Waals surface area contributed by atoms with Gasteiger partial charge in [0, 0.05) is 37.4 Å². The number of aliphatic carboxylic acids is 1. The van der Waals surface area contributed by atoms with Crippen molar-refractivity contribution < 1.29 is 14.6 Å². The second-order valence-corrected chi connectivity index (χ2v) is 7.76. The molecule has 0 aliphatic rings. The van der Waals surface area contributed by atoms with Crippen LogP contribution in [-0.4, -0.2) is 39.2 Å². The molecule has 0 aromatic carbocycles. The van der Waals surface area contributed by atoms with Crippen LogP contribution in [-0.2, 0) is 17.9 Å². The molecule has 1 unspecified atom stereocenters. The lowest BCUT2D eigenvalue weighted by Crippen LogP contribution is -2.40. The van der Waals surface area contributed by atoms with Gasteiger partial charge < -0.3 is 20.5 Å². The van der Waals surface area contributed by atoms with Crippen molar-refractivity contribution in [1.82, 2.24) is 20.6 Å². The van der Waals surface area contributed by atoms with Gasteiger partial charge in [0.25, 0.3) is 0 Å². The van der Waals surface area contributed by atoms with Crippen molar-refractivity contribution in [2.24, 2.45) is 0 Å². The van der Waals surface area contributed by atoms with Crippen molar-refractivity contribution >= 4 is 5.97 Å². The van der Waals surface area contributed by atoms with Crippen LogP contribution in [0.5, 0.6) is 5.88 Å². The molecule has 0 fully saturated rings. The first-order valence-corrected chi connectivity index (χ1v) is 9.44. The van der Waals surface area contributed by atoms with Crippen LogP contribution in [0.3, 0.4) is 0 Å². The van der Waals surface area contributed by atoms with Crippen molar-refractivity contribution in [1.29, 1.82) is 0 Å². The van der Waals surface area contributed by atoms with E-state index in [1.54, 1.807) is 0 Å². The Morgan fingerprint density at radius 3 is 2.43 bits per heavy atom. The number of aromatic nitrogens is 2. The van der Waals surface area contributed by atoms with E-state index in [1.807, 2.05) is 64.1 Å². The Hall–Kier alpha value is -2.51. The summed E-state index contributed by atoms with van der Waals surface area (Å²) in [6, 6.07) is 11.2. The van der Waals surface area contributed by atoms with E-state index in [9.17, 15) is 9.90 Å². The molecule has 2 aromatic heterocycles. The maximum Gasteiger partial charge on any atom is 0.304 e. The third kappa shape index (κ3) is 8.45. The molecular weight excluding hydrogens is 356 g/mol. The Labute approximate surface area is 166 Å². The summed E-state index contributed by atoms with van der Waals surface area (Å²) in [5.41, 5.74) is 2.37. The number of rotatable bonds is 10. The standard InChI is InChI=1S/C21H30N4O3/c1-15-7-5-8-17(24-15)14-23-18(11-20(26)27)13-22-12-16-9-6-10-19(25-16)28-21(2,3)4/h5-10,18,22-23H,11-14H2,1-4H3,(H,26,27). The molecule has 2 heterocycles. The Morgan fingerprint density at radius 2 is 1.79 bits per heavy atom. The van der Waals surface area contributed by atoms with Gasteiger partial charge in [-0.2, -0.15) is 0 Å². The van der Waals surface area contributed by atoms with E-state index in [0.29, 0.717) is 25.5 Å². The zero-order valence-electron chi connectivity index (χ0n) is 17.0. The van der Waals surface area contributed by atoms with Gasteiger partial charge in [-0.15, -0.1) is 0 Å². The van der Waals surface area contributed by atoms with Crippen LogP contribution in [0, 0.1) is 6.92 Å². The molecule has 3 N–H and O–H groups in total. The van der Waals surface area contributed by atoms with Gasteiger partial charge >= 0.3 is 5.97 Å². The van der Waals surface area contributed by atoms with Crippen LogP contribution in [0.4, 0.5) is 0 Å². The number of carboxylic acid groups (broad SMARTS) is 1. The molecule has 0 saturated heterocycles. The normalized spacial score (nSPS) is 12.6. The van der Waals surface area contributed by atoms with Gasteiger partial charge in [-0.25, -0.2) is 4.98 Å². The Morgan fingerprint density at radius 1 is 1.11 bits per heavy atom. The smallest absolute Gasteiger partial charge is 0.304 e. The maximum atomic E-state index is 11.2. The first-order valence-electron chi connectivity index (χ1n) is 9.44. The minimum Gasteiger partial charge on any atom is -0.481 e. The van der Waals surface area contributed by atoms with E-state index in [-0.39, 0.29) is 18.1 Å². The first-order chi connectivity index (χ1) is 13.2. The SMILES string of the molecule is Cc1cccc(CNC(CNCc2cccc(OC(C)(C)C)n2)CC(=O)O)n1. The highest BCUT2D eigenvalue weighted by Gasteiger charge is 2.14. The van der Waals surface area contributed by atoms with Gasteiger partial charge in [0.2, 0.25) is 5.88 Å². The van der Waals surface area contributed by atoms with Crippen LogP contribution >= 0.6 is 0 Å². The monoisotopic (exact) mass is 386 g/mol. The molecule has 0 spiro atoms. The van der Waals surface area contributed by atoms with Crippen molar-refractivity contribution in [3.63, 3.8) is 0 Å². The summed E-state index contributed by atoms with van der Waals surface area (Å²) >= 11 is 0. The number of nitrogens with zero attached hydrogens (tertiary/aromatic N) is 2. The minimum absolute atomic E-state index is 0.0272. The van der Waals surface area contributed by atoms with E-state index in [0.717, 1.165) is 17.1 Å². The van der Waals surface area contributed by atoms with Crippen LogP contribution in [0.25, 0.3) is 0 Å². The van der Waals surface area contributed by atoms with E-state index in [4.69, 9.17) is 4.74 Å². The second kappa shape index (κ2) is 10.1. The molecule has 2 aromatic rings. The predicted molar refractivity (Wildman–Crippen MR) is 108 cm³/mol. The Balaban J connectivity index is 1.87. The number of ether oxygens (including phenoxy) is 1. The van der Waals surface area contributed by atoms with E-state index in [1.165, 1.54) is 0 Å². The summed E-state index contributed by atoms with van der Waals surface area (Å²) in [5, 5.41) is 15.7. The number of carbonyl (C=O) groups is 1. The summed E-state index contributed by atoms with van der Waals surface area (Å²) in [6.07, 6.45) is 0.0272. The number of carboxylic acids is 1. The number of hydrogen-bond acceptors (Lipinski definition) is 6. The molecule has 0 aliphatic heterocycles. The minimum atomic E-state index is -0.838. The van der Waals surface area contributed by atoms with Crippen LogP contribution in [0.15, 0.2) is 36.4 Å². The molecule has 0 radical (unpaired) electrons. The average molecular weight is 386 g/mol. The van der Waals surface area contributed by atoms with Gasteiger partial charge in [0.1, 0.15) is 5.60 Å². The molecule has 0 aliphatic carbocycles. The summed E-state index contributed by atoms with van der Waals surface area (Å²) in [7, 11) is 0. The van der Waals surface area contributed by atoms with Gasteiger partial charge in [-0.05, 0) is 45.9 Å². The van der Waals surface area contributed by atoms with Crippen LogP contribution in [0.1, 0.15) is 44.3 Å². The highest BCUT2D eigenvalue weighted by Crippen LogP contribution is 2.15. The number of nitrogens with one attached hydrogen (secondary N) is 2. The molecule has 0 bridgehead atoms. The molecule has 0 amide bonds. The van der Waals surface area contributed by atoms with E-state index >= 15 is 0 Å². The quantitative estimate of drug-likeness (QED) is 0.578. The Bertz CT molecular complexity index is 774. The second-order valence-electron chi connectivity index (χ2n) is 7.76. The highest BCUT2D eigenvalue weighted by molar-refractivity contribution is 5.67. The van der Waals surface area contributed by atoms with Crippen molar-refractivity contribution in [3.05, 3.63) is 53.5 Å². The largest absolute Gasteiger partial charge is 0.481 e. The van der Waals surface area contributed by atoms with Gasteiger partial charge in [-0.1, -0.05) is 12.1 Å². The van der Waals surface area contributed by atoms with Crippen molar-refractivity contribution in [2.75, 3.05) is 6.54 Å². The lowest BCUT2D eigenvalue weighted by molar-refractivity contribution is -0.137. The zero-order chi connectivity index (χ0) is 20.6. The third-order valence-corrected chi connectivity index (χ3v) is 3.83. The fraction of sp³-hybridized carbons (Fsp3) is 0.476. The summed E-state index contributed by atoms with van der Waals surface area (Å²) < 4.78 is 5.78. The summed E-state index contributed by atoms with van der Waals surface area (Å²) in [5.74, 6) is -0.257. The molecule has 28 heavy (non-hydrogen) atoms. The zero-order valence-corrected chi connectivity index (χ0v) is 17.0.